The van der Waals surface area contributed by atoms with Crippen molar-refractivity contribution in [1.29, 1.82) is 0 Å². The smallest absolute Gasteiger partial charge is 0.325 e. The quantitative estimate of drug-likeness (QED) is 0.797. The van der Waals surface area contributed by atoms with Crippen LogP contribution in [-0.2, 0) is 9.53 Å². The first-order valence-electron chi connectivity index (χ1n) is 6.37. The number of likely N-dealkylation sites (N-methyl/N-ethyl adjacent to an activating group) is 1. The van der Waals surface area contributed by atoms with E-state index in [0.29, 0.717) is 12.1 Å². The molecule has 0 fully saturated rings. The van der Waals surface area contributed by atoms with Gasteiger partial charge in [0, 0.05) is 18.1 Å². The predicted octanol–water partition coefficient (Wildman–Crippen LogP) is 1.87. The van der Waals surface area contributed by atoms with Crippen molar-refractivity contribution in [3.8, 4) is 0 Å². The summed E-state index contributed by atoms with van der Waals surface area (Å²) in [6.45, 7) is 2.21. The van der Waals surface area contributed by atoms with Crippen molar-refractivity contribution in [2.75, 3.05) is 20.2 Å². The van der Waals surface area contributed by atoms with Gasteiger partial charge in [-0.15, -0.1) is 0 Å². The molecule has 1 aromatic carbocycles. The Morgan fingerprint density at radius 3 is 2.70 bits per heavy atom. The highest BCUT2D eigenvalue weighted by Gasteiger charge is 2.19. The Kier molecular flexibility index (Phi) is 4.30. The molecule has 0 saturated heterocycles. The standard InChI is InChI=1S/C15H16N2O3/c1-3-17(10-14(18)20-2)15(19)12-8-9-16-13-7-5-4-6-11(12)13/h4-9H,3,10H2,1-2H3. The van der Waals surface area contributed by atoms with Crippen LogP contribution < -0.4 is 0 Å². The number of fused-ring (bicyclic) bond motifs is 1. The molecule has 104 valence electrons. The van der Waals surface area contributed by atoms with Crippen molar-refractivity contribution < 1.29 is 14.3 Å². The fourth-order valence-corrected chi connectivity index (χ4v) is 2.00. The van der Waals surface area contributed by atoms with E-state index in [0.717, 1.165) is 10.9 Å². The Hall–Kier alpha value is -2.43. The lowest BCUT2D eigenvalue weighted by molar-refractivity contribution is -0.141. The number of methoxy groups -OCH3 is 1. The van der Waals surface area contributed by atoms with Crippen LogP contribution in [0.4, 0.5) is 0 Å². The summed E-state index contributed by atoms with van der Waals surface area (Å²) < 4.78 is 4.61. The number of ether oxygens (including phenoxy) is 1. The number of hydrogen-bond donors (Lipinski definition) is 0. The average Bonchev–Trinajstić information content (AvgIpc) is 2.51. The number of esters is 1. The van der Waals surface area contributed by atoms with Gasteiger partial charge >= 0.3 is 5.97 Å². The highest BCUT2D eigenvalue weighted by atomic mass is 16.5. The molecule has 2 rings (SSSR count). The molecule has 5 heteroatoms. The molecular formula is C15H16N2O3. The molecule has 0 bridgehead atoms. The molecule has 5 nitrogen and oxygen atoms in total. The van der Waals surface area contributed by atoms with Crippen LogP contribution in [-0.4, -0.2) is 42.0 Å². The minimum absolute atomic E-state index is 0.0531. The second-order valence-corrected chi connectivity index (χ2v) is 4.27. The van der Waals surface area contributed by atoms with Crippen LogP contribution in [0, 0.1) is 0 Å². The van der Waals surface area contributed by atoms with Crippen molar-refractivity contribution in [3.63, 3.8) is 0 Å². The van der Waals surface area contributed by atoms with Crippen LogP contribution in [0.3, 0.4) is 0 Å². The van der Waals surface area contributed by atoms with Gasteiger partial charge in [0.15, 0.2) is 0 Å². The number of carbonyl (C=O) groups is 2. The van der Waals surface area contributed by atoms with Gasteiger partial charge in [-0.3, -0.25) is 14.6 Å². The van der Waals surface area contributed by atoms with Gasteiger partial charge in [-0.1, -0.05) is 18.2 Å². The van der Waals surface area contributed by atoms with E-state index < -0.39 is 5.97 Å². The highest BCUT2D eigenvalue weighted by molar-refractivity contribution is 6.06. The van der Waals surface area contributed by atoms with Crippen LogP contribution in [0.1, 0.15) is 17.3 Å². The lowest BCUT2D eigenvalue weighted by Crippen LogP contribution is -2.36. The number of aromatic nitrogens is 1. The molecule has 0 spiro atoms. The van der Waals surface area contributed by atoms with Crippen molar-refractivity contribution in [2.45, 2.75) is 6.92 Å². The first kappa shape index (κ1) is 14.0. The summed E-state index contributed by atoms with van der Waals surface area (Å²) in [5.41, 5.74) is 1.30. The zero-order valence-electron chi connectivity index (χ0n) is 11.5. The molecular weight excluding hydrogens is 256 g/mol. The molecule has 0 unspecified atom stereocenters. The number of nitrogens with zero attached hydrogens (tertiary/aromatic N) is 2. The van der Waals surface area contributed by atoms with E-state index in [1.807, 2.05) is 31.2 Å². The summed E-state index contributed by atoms with van der Waals surface area (Å²) in [5, 5.41) is 0.781. The fraction of sp³-hybridized carbons (Fsp3) is 0.267. The molecule has 0 aliphatic heterocycles. The fourth-order valence-electron chi connectivity index (χ4n) is 2.00. The van der Waals surface area contributed by atoms with Gasteiger partial charge in [0.25, 0.3) is 5.91 Å². The largest absolute Gasteiger partial charge is 0.468 e. The first-order chi connectivity index (χ1) is 9.67. The number of rotatable bonds is 4. The maximum atomic E-state index is 12.5. The predicted molar refractivity (Wildman–Crippen MR) is 75.3 cm³/mol. The van der Waals surface area contributed by atoms with Crippen LogP contribution in [0.5, 0.6) is 0 Å². The molecule has 1 aromatic heterocycles. The van der Waals surface area contributed by atoms with E-state index in [2.05, 4.69) is 9.72 Å². The molecule has 0 saturated carbocycles. The molecule has 1 amide bonds. The van der Waals surface area contributed by atoms with Gasteiger partial charge in [0.1, 0.15) is 6.54 Å². The van der Waals surface area contributed by atoms with Crippen molar-refractivity contribution in [3.05, 3.63) is 42.1 Å². The van der Waals surface area contributed by atoms with Crippen LogP contribution in [0.2, 0.25) is 0 Å². The Morgan fingerprint density at radius 2 is 2.00 bits per heavy atom. The van der Waals surface area contributed by atoms with Gasteiger partial charge < -0.3 is 9.64 Å². The number of amides is 1. The van der Waals surface area contributed by atoms with E-state index >= 15 is 0 Å². The van der Waals surface area contributed by atoms with Gasteiger partial charge in [-0.05, 0) is 19.1 Å². The average molecular weight is 272 g/mol. The number of carbonyl (C=O) groups excluding carboxylic acids is 2. The Bertz CT molecular complexity index is 635. The summed E-state index contributed by atoms with van der Waals surface area (Å²) >= 11 is 0. The van der Waals surface area contributed by atoms with Crippen molar-refractivity contribution >= 4 is 22.8 Å². The van der Waals surface area contributed by atoms with E-state index in [4.69, 9.17) is 0 Å². The monoisotopic (exact) mass is 272 g/mol. The highest BCUT2D eigenvalue weighted by Crippen LogP contribution is 2.17. The summed E-state index contributed by atoms with van der Waals surface area (Å²) in [6.07, 6.45) is 1.60. The third-order valence-corrected chi connectivity index (χ3v) is 3.10. The lowest BCUT2D eigenvalue weighted by atomic mass is 10.1. The zero-order valence-corrected chi connectivity index (χ0v) is 11.5. The molecule has 0 aliphatic rings. The maximum absolute atomic E-state index is 12.5. The van der Waals surface area contributed by atoms with Crippen molar-refractivity contribution in [2.24, 2.45) is 0 Å². The zero-order chi connectivity index (χ0) is 14.5. The number of pyridine rings is 1. The van der Waals surface area contributed by atoms with E-state index in [1.54, 1.807) is 12.3 Å². The number of benzene rings is 1. The molecule has 0 atom stereocenters. The van der Waals surface area contributed by atoms with Gasteiger partial charge in [0.05, 0.1) is 18.2 Å². The second kappa shape index (κ2) is 6.14. The first-order valence-corrected chi connectivity index (χ1v) is 6.37. The van der Waals surface area contributed by atoms with Crippen molar-refractivity contribution in [1.82, 2.24) is 9.88 Å². The van der Waals surface area contributed by atoms with Gasteiger partial charge in [-0.25, -0.2) is 0 Å². The topological polar surface area (TPSA) is 59.5 Å². The normalized spacial score (nSPS) is 10.3. The Morgan fingerprint density at radius 1 is 1.25 bits per heavy atom. The van der Waals surface area contributed by atoms with E-state index in [1.165, 1.54) is 12.0 Å². The molecule has 0 radical (unpaired) electrons. The van der Waals surface area contributed by atoms with Crippen LogP contribution >= 0.6 is 0 Å². The Labute approximate surface area is 117 Å². The second-order valence-electron chi connectivity index (χ2n) is 4.27. The Balaban J connectivity index is 2.37. The lowest BCUT2D eigenvalue weighted by Gasteiger charge is -2.20. The summed E-state index contributed by atoms with van der Waals surface area (Å²) in [6, 6.07) is 9.10. The van der Waals surface area contributed by atoms with Gasteiger partial charge in [0.2, 0.25) is 0 Å². The van der Waals surface area contributed by atoms with Crippen LogP contribution in [0.15, 0.2) is 36.5 Å². The summed E-state index contributed by atoms with van der Waals surface area (Å²) in [7, 11) is 1.31. The third kappa shape index (κ3) is 2.77. The molecule has 0 N–H and O–H groups in total. The summed E-state index contributed by atoms with van der Waals surface area (Å²) in [4.78, 5) is 29.6. The minimum Gasteiger partial charge on any atom is -0.468 e. The number of hydrogen-bond acceptors (Lipinski definition) is 4. The van der Waals surface area contributed by atoms with E-state index in [-0.39, 0.29) is 12.5 Å². The molecule has 0 aliphatic carbocycles. The number of para-hydroxylation sites is 1. The van der Waals surface area contributed by atoms with Gasteiger partial charge in [-0.2, -0.15) is 0 Å². The minimum atomic E-state index is -0.432. The maximum Gasteiger partial charge on any atom is 0.325 e. The van der Waals surface area contributed by atoms with Crippen LogP contribution in [0.25, 0.3) is 10.9 Å². The third-order valence-electron chi connectivity index (χ3n) is 3.10. The van der Waals surface area contributed by atoms with E-state index in [9.17, 15) is 9.59 Å². The molecule has 1 heterocycles. The molecule has 20 heavy (non-hydrogen) atoms. The molecule has 2 aromatic rings. The SMILES string of the molecule is CCN(CC(=O)OC)C(=O)c1ccnc2ccccc12. The summed E-state index contributed by atoms with van der Waals surface area (Å²) in [5.74, 6) is -0.630.